The fourth-order valence-corrected chi connectivity index (χ4v) is 4.30. The molecule has 0 spiro atoms. The number of thiophene rings is 1. The molecule has 2 aromatic rings. The van der Waals surface area contributed by atoms with Gasteiger partial charge < -0.3 is 9.80 Å². The van der Waals surface area contributed by atoms with Crippen LogP contribution in [0.3, 0.4) is 0 Å². The summed E-state index contributed by atoms with van der Waals surface area (Å²) in [5.74, 6) is -0.989. The Bertz CT molecular complexity index is 835. The van der Waals surface area contributed by atoms with Crippen molar-refractivity contribution in [2.75, 3.05) is 26.2 Å². The smallest absolute Gasteiger partial charge is 0.256 e. The summed E-state index contributed by atoms with van der Waals surface area (Å²) in [6, 6.07) is 5.22. The fourth-order valence-electron chi connectivity index (χ4n) is 2.60. The van der Waals surface area contributed by atoms with Crippen molar-refractivity contribution in [3.8, 4) is 0 Å². The van der Waals surface area contributed by atoms with Gasteiger partial charge in [0.2, 0.25) is 0 Å². The highest BCUT2D eigenvalue weighted by Gasteiger charge is 2.28. The van der Waals surface area contributed by atoms with E-state index in [2.05, 4.69) is 0 Å². The lowest BCUT2D eigenvalue weighted by Gasteiger charge is -2.34. The lowest BCUT2D eigenvalue weighted by molar-refractivity contribution is 0.0536. The molecule has 3 rings (SSSR count). The van der Waals surface area contributed by atoms with Gasteiger partial charge in [-0.2, -0.15) is 0 Å². The second kappa shape index (κ2) is 7.50. The first kappa shape index (κ1) is 18.5. The van der Waals surface area contributed by atoms with Crippen molar-refractivity contribution in [3.63, 3.8) is 0 Å². The summed E-state index contributed by atoms with van der Waals surface area (Å²) >= 11 is 19.0. The summed E-state index contributed by atoms with van der Waals surface area (Å²) in [4.78, 5) is 28.2. The van der Waals surface area contributed by atoms with Crippen LogP contribution in [0.2, 0.25) is 13.7 Å². The molecule has 1 aliphatic rings. The molecule has 132 valence electrons. The monoisotopic (exact) mass is 420 g/mol. The van der Waals surface area contributed by atoms with Crippen LogP contribution in [0, 0.1) is 5.82 Å². The number of nitrogens with zero attached hydrogens (tertiary/aromatic N) is 2. The summed E-state index contributed by atoms with van der Waals surface area (Å²) in [5.41, 5.74) is 0.619. The lowest BCUT2D eigenvalue weighted by atomic mass is 10.1. The Balaban J connectivity index is 1.66. The molecule has 0 saturated carbocycles. The zero-order valence-electron chi connectivity index (χ0n) is 12.8. The summed E-state index contributed by atoms with van der Waals surface area (Å²) in [5, 5.41) is 0.0724. The number of amides is 2. The lowest BCUT2D eigenvalue weighted by Crippen LogP contribution is -2.50. The summed E-state index contributed by atoms with van der Waals surface area (Å²) < 4.78 is 13.9. The van der Waals surface area contributed by atoms with Crippen molar-refractivity contribution in [1.82, 2.24) is 9.80 Å². The number of halogens is 4. The number of benzene rings is 1. The molecule has 9 heteroatoms. The molecule has 0 atom stereocenters. The molecular weight excluding hydrogens is 410 g/mol. The maximum Gasteiger partial charge on any atom is 0.256 e. The predicted octanol–water partition coefficient (Wildman–Crippen LogP) is 4.45. The minimum absolute atomic E-state index is 0.0724. The van der Waals surface area contributed by atoms with E-state index in [4.69, 9.17) is 34.8 Å². The van der Waals surface area contributed by atoms with E-state index in [0.29, 0.717) is 40.4 Å². The van der Waals surface area contributed by atoms with Gasteiger partial charge in [0.05, 0.1) is 20.5 Å². The largest absolute Gasteiger partial charge is 0.335 e. The molecule has 2 heterocycles. The highest BCUT2D eigenvalue weighted by atomic mass is 35.5. The van der Waals surface area contributed by atoms with Gasteiger partial charge in [-0.1, -0.05) is 34.8 Å². The average Bonchev–Trinajstić information content (AvgIpc) is 2.92. The van der Waals surface area contributed by atoms with Crippen LogP contribution < -0.4 is 0 Å². The van der Waals surface area contributed by atoms with E-state index >= 15 is 0 Å². The van der Waals surface area contributed by atoms with Gasteiger partial charge in [-0.05, 0) is 24.3 Å². The van der Waals surface area contributed by atoms with Crippen molar-refractivity contribution >= 4 is 58.0 Å². The van der Waals surface area contributed by atoms with Gasteiger partial charge in [-0.15, -0.1) is 11.3 Å². The third kappa shape index (κ3) is 3.92. The van der Waals surface area contributed by atoms with Gasteiger partial charge in [0, 0.05) is 26.2 Å². The Morgan fingerprint density at radius 2 is 1.48 bits per heavy atom. The van der Waals surface area contributed by atoms with Gasteiger partial charge in [0.15, 0.2) is 0 Å². The highest BCUT2D eigenvalue weighted by molar-refractivity contribution is 7.20. The maximum atomic E-state index is 13.1. The van der Waals surface area contributed by atoms with Gasteiger partial charge >= 0.3 is 0 Å². The van der Waals surface area contributed by atoms with E-state index in [-0.39, 0.29) is 22.4 Å². The Hall–Kier alpha value is -1.34. The zero-order valence-corrected chi connectivity index (χ0v) is 15.9. The standard InChI is InChI=1S/C16H12Cl3FN2O2S/c17-12-7-9(20)1-2-10(12)15(23)21-3-5-22(6-4-21)16(24)11-8-13(18)25-14(11)19/h1-2,7-8H,3-6H2. The van der Waals surface area contributed by atoms with Crippen LogP contribution in [0.25, 0.3) is 0 Å². The first-order valence-corrected chi connectivity index (χ1v) is 9.30. The van der Waals surface area contributed by atoms with Crippen LogP contribution in [-0.2, 0) is 0 Å². The van der Waals surface area contributed by atoms with Crippen LogP contribution in [-0.4, -0.2) is 47.8 Å². The summed E-state index contributed by atoms with van der Waals surface area (Å²) in [6.07, 6.45) is 0. The van der Waals surface area contributed by atoms with E-state index in [1.807, 2.05) is 0 Å². The second-order valence-corrected chi connectivity index (χ2v) is 8.14. The van der Waals surface area contributed by atoms with Crippen molar-refractivity contribution in [1.29, 1.82) is 0 Å². The normalized spacial score (nSPS) is 14.7. The molecule has 0 N–H and O–H groups in total. The molecule has 1 aromatic carbocycles. The Morgan fingerprint density at radius 1 is 0.920 bits per heavy atom. The van der Waals surface area contributed by atoms with Gasteiger partial charge in [-0.25, -0.2) is 4.39 Å². The Labute approximate surface area is 162 Å². The first-order valence-electron chi connectivity index (χ1n) is 7.35. The topological polar surface area (TPSA) is 40.6 Å². The van der Waals surface area contributed by atoms with Crippen LogP contribution in [0.15, 0.2) is 24.3 Å². The van der Waals surface area contributed by atoms with Crippen molar-refractivity contribution in [3.05, 3.63) is 54.9 Å². The molecule has 1 saturated heterocycles. The first-order chi connectivity index (χ1) is 11.9. The minimum atomic E-state index is -0.497. The van der Waals surface area contributed by atoms with Crippen molar-refractivity contribution in [2.45, 2.75) is 0 Å². The van der Waals surface area contributed by atoms with E-state index < -0.39 is 5.82 Å². The summed E-state index contributed by atoms with van der Waals surface area (Å²) in [7, 11) is 0. The molecule has 0 aliphatic carbocycles. The number of carbonyl (C=O) groups excluding carboxylic acids is 2. The zero-order chi connectivity index (χ0) is 18.1. The fraction of sp³-hybridized carbons (Fsp3) is 0.250. The third-order valence-corrected chi connectivity index (χ3v) is 5.70. The van der Waals surface area contributed by atoms with Crippen LogP contribution in [0.5, 0.6) is 0 Å². The number of piperazine rings is 1. The van der Waals surface area contributed by atoms with Crippen molar-refractivity contribution < 1.29 is 14.0 Å². The molecule has 1 fully saturated rings. The highest BCUT2D eigenvalue weighted by Crippen LogP contribution is 2.32. The van der Waals surface area contributed by atoms with E-state index in [1.165, 1.54) is 12.1 Å². The van der Waals surface area contributed by atoms with E-state index in [0.717, 1.165) is 17.4 Å². The molecule has 0 radical (unpaired) electrons. The number of hydrogen-bond donors (Lipinski definition) is 0. The Morgan fingerprint density at radius 3 is 1.96 bits per heavy atom. The molecule has 0 unspecified atom stereocenters. The molecular formula is C16H12Cl3FN2O2S. The van der Waals surface area contributed by atoms with Crippen LogP contribution in [0.4, 0.5) is 4.39 Å². The number of rotatable bonds is 2. The molecule has 1 aromatic heterocycles. The molecule has 0 bridgehead atoms. The maximum absolute atomic E-state index is 13.1. The molecule has 25 heavy (non-hydrogen) atoms. The van der Waals surface area contributed by atoms with Gasteiger partial charge in [0.1, 0.15) is 10.2 Å². The molecule has 2 amide bonds. The number of hydrogen-bond acceptors (Lipinski definition) is 3. The molecule has 1 aliphatic heterocycles. The average molecular weight is 422 g/mol. The minimum Gasteiger partial charge on any atom is -0.335 e. The van der Waals surface area contributed by atoms with Gasteiger partial charge in [0.25, 0.3) is 11.8 Å². The van der Waals surface area contributed by atoms with Crippen LogP contribution in [0.1, 0.15) is 20.7 Å². The van der Waals surface area contributed by atoms with Crippen molar-refractivity contribution in [2.24, 2.45) is 0 Å². The Kier molecular flexibility index (Phi) is 5.53. The number of carbonyl (C=O) groups is 2. The second-order valence-electron chi connectivity index (χ2n) is 5.45. The van der Waals surface area contributed by atoms with E-state index in [9.17, 15) is 14.0 Å². The quantitative estimate of drug-likeness (QED) is 0.719. The third-order valence-electron chi connectivity index (χ3n) is 3.90. The summed E-state index contributed by atoms with van der Waals surface area (Å²) in [6.45, 7) is 1.45. The SMILES string of the molecule is O=C(c1ccc(F)cc1Cl)N1CCN(C(=O)c2cc(Cl)sc2Cl)CC1. The molecule has 4 nitrogen and oxygen atoms in total. The van der Waals surface area contributed by atoms with Crippen LogP contribution >= 0.6 is 46.1 Å². The van der Waals surface area contributed by atoms with Gasteiger partial charge in [-0.3, -0.25) is 9.59 Å². The van der Waals surface area contributed by atoms with E-state index in [1.54, 1.807) is 15.9 Å². The predicted molar refractivity (Wildman–Crippen MR) is 97.6 cm³/mol.